The summed E-state index contributed by atoms with van der Waals surface area (Å²) in [6.45, 7) is 0. The summed E-state index contributed by atoms with van der Waals surface area (Å²) < 4.78 is 7.59. The molecule has 21 heavy (non-hydrogen) atoms. The lowest BCUT2D eigenvalue weighted by Crippen LogP contribution is -2.38. The van der Waals surface area contributed by atoms with Gasteiger partial charge in [-0.25, -0.2) is 9.97 Å². The molecule has 11 heteroatoms. The Morgan fingerprint density at radius 2 is 2.52 bits per heavy atom. The van der Waals surface area contributed by atoms with Gasteiger partial charge in [-0.3, -0.25) is 9.36 Å². The number of aromatic amines is 1. The summed E-state index contributed by atoms with van der Waals surface area (Å²) in [5, 5.41) is 13.7. The first-order valence-electron chi connectivity index (χ1n) is 5.99. The first-order valence-corrected chi connectivity index (χ1v) is 7.52. The Balaban J connectivity index is 2.04. The molecule has 2 aromatic rings. The number of nitrogens with one attached hydrogen (secondary N) is 1. The summed E-state index contributed by atoms with van der Waals surface area (Å²) in [4.78, 5) is 24.9. The fourth-order valence-electron chi connectivity index (χ4n) is 2.29. The number of aliphatic hydroxyl groups excluding tert-OH is 1. The summed E-state index contributed by atoms with van der Waals surface area (Å²) in [6.07, 6.45) is 1.34. The lowest BCUT2D eigenvalue weighted by atomic mass is 10.1. The Morgan fingerprint density at radius 3 is 3.24 bits per heavy atom. The van der Waals surface area contributed by atoms with Crippen LogP contribution in [-0.4, -0.2) is 40.9 Å². The van der Waals surface area contributed by atoms with Gasteiger partial charge in [0.2, 0.25) is 0 Å². The number of azide groups is 1. The SMILES string of the molecule is [N-]=[N+]=N[C@]1(CI)O[C@H](n2cnc3c(=O)[nH]cnc32)C[C@@H]1O. The van der Waals surface area contributed by atoms with Crippen molar-refractivity contribution in [2.45, 2.75) is 24.5 Å². The van der Waals surface area contributed by atoms with Crippen LogP contribution in [0.25, 0.3) is 21.6 Å². The minimum Gasteiger partial charge on any atom is -0.390 e. The van der Waals surface area contributed by atoms with Crippen LogP contribution in [0.1, 0.15) is 12.6 Å². The molecule has 0 unspecified atom stereocenters. The molecule has 10 nitrogen and oxygen atoms in total. The van der Waals surface area contributed by atoms with E-state index in [4.69, 9.17) is 10.3 Å². The number of alkyl halides is 1. The van der Waals surface area contributed by atoms with Gasteiger partial charge in [0.25, 0.3) is 5.56 Å². The van der Waals surface area contributed by atoms with Crippen molar-refractivity contribution in [2.75, 3.05) is 4.43 Å². The van der Waals surface area contributed by atoms with Crippen molar-refractivity contribution in [3.05, 3.63) is 33.5 Å². The first kappa shape index (κ1) is 14.3. The zero-order chi connectivity index (χ0) is 15.0. The predicted molar refractivity (Wildman–Crippen MR) is 79.7 cm³/mol. The molecule has 3 rings (SSSR count). The van der Waals surface area contributed by atoms with E-state index in [0.29, 0.717) is 10.1 Å². The molecule has 0 aromatic carbocycles. The molecule has 110 valence electrons. The zero-order valence-corrected chi connectivity index (χ0v) is 12.7. The first-order chi connectivity index (χ1) is 10.1. The van der Waals surface area contributed by atoms with Gasteiger partial charge in [-0.1, -0.05) is 27.7 Å². The standard InChI is InChI=1S/C10H10IN7O3/c11-2-10(16-17-12)5(19)1-6(21-10)18-4-15-7-8(18)13-3-14-9(7)20/h3-6,19H,1-2H2,(H,13,14,20)/t5-,6-,10+/m0/s1. The Bertz CT molecular complexity index is 782. The number of rotatable bonds is 3. The topological polar surface area (TPSA) is 142 Å². The van der Waals surface area contributed by atoms with Crippen LogP contribution in [0, 0.1) is 0 Å². The van der Waals surface area contributed by atoms with Crippen molar-refractivity contribution < 1.29 is 9.84 Å². The molecular formula is C10H10IN7O3. The number of nitrogens with zero attached hydrogens (tertiary/aromatic N) is 6. The second-order valence-corrected chi connectivity index (χ2v) is 5.31. The number of fused-ring (bicyclic) bond motifs is 1. The quantitative estimate of drug-likeness (QED) is 0.257. The molecule has 0 aliphatic carbocycles. The van der Waals surface area contributed by atoms with Crippen LogP contribution in [-0.2, 0) is 4.74 Å². The molecule has 0 bridgehead atoms. The third kappa shape index (κ3) is 2.18. The molecule has 3 heterocycles. The van der Waals surface area contributed by atoms with E-state index < -0.39 is 18.1 Å². The van der Waals surface area contributed by atoms with Gasteiger partial charge in [0.15, 0.2) is 16.9 Å². The molecular weight excluding hydrogens is 393 g/mol. The summed E-state index contributed by atoms with van der Waals surface area (Å²) in [5.41, 5.74) is 7.51. The number of hydrogen-bond donors (Lipinski definition) is 2. The average molecular weight is 403 g/mol. The molecule has 0 spiro atoms. The van der Waals surface area contributed by atoms with E-state index in [1.165, 1.54) is 12.7 Å². The van der Waals surface area contributed by atoms with Crippen LogP contribution in [0.4, 0.5) is 0 Å². The molecule has 2 N–H and O–H groups in total. The van der Waals surface area contributed by atoms with Crippen molar-refractivity contribution in [1.29, 1.82) is 0 Å². The Kier molecular flexibility index (Phi) is 3.57. The number of ether oxygens (including phenoxy) is 1. The lowest BCUT2D eigenvalue weighted by molar-refractivity contribution is -0.0795. The molecule has 1 aliphatic rings. The second-order valence-electron chi connectivity index (χ2n) is 4.55. The van der Waals surface area contributed by atoms with E-state index in [1.807, 2.05) is 22.6 Å². The second kappa shape index (κ2) is 5.26. The van der Waals surface area contributed by atoms with E-state index in [9.17, 15) is 9.90 Å². The van der Waals surface area contributed by atoms with E-state index in [1.54, 1.807) is 4.57 Å². The molecule has 0 amide bonds. The number of hydrogen-bond acceptors (Lipinski definition) is 6. The highest BCUT2D eigenvalue weighted by Crippen LogP contribution is 2.39. The van der Waals surface area contributed by atoms with Crippen LogP contribution in [0.15, 0.2) is 22.6 Å². The van der Waals surface area contributed by atoms with Crippen LogP contribution >= 0.6 is 22.6 Å². The monoisotopic (exact) mass is 403 g/mol. The van der Waals surface area contributed by atoms with Gasteiger partial charge in [0.05, 0.1) is 18.8 Å². The van der Waals surface area contributed by atoms with E-state index in [-0.39, 0.29) is 17.5 Å². The van der Waals surface area contributed by atoms with Gasteiger partial charge < -0.3 is 14.8 Å². The summed E-state index contributed by atoms with van der Waals surface area (Å²) in [7, 11) is 0. The molecule has 3 atom stereocenters. The third-order valence-electron chi connectivity index (χ3n) is 3.37. The summed E-state index contributed by atoms with van der Waals surface area (Å²) >= 11 is 1.99. The fourth-order valence-corrected chi connectivity index (χ4v) is 3.14. The summed E-state index contributed by atoms with van der Waals surface area (Å²) in [6, 6.07) is 0. The molecule has 1 fully saturated rings. The lowest BCUT2D eigenvalue weighted by Gasteiger charge is -2.24. The van der Waals surface area contributed by atoms with Crippen molar-refractivity contribution >= 4 is 33.8 Å². The van der Waals surface area contributed by atoms with Crippen LogP contribution in [0.2, 0.25) is 0 Å². The van der Waals surface area contributed by atoms with Gasteiger partial charge in [-0.2, -0.15) is 0 Å². The van der Waals surface area contributed by atoms with Crippen molar-refractivity contribution in [3.63, 3.8) is 0 Å². The zero-order valence-electron chi connectivity index (χ0n) is 10.5. The van der Waals surface area contributed by atoms with E-state index in [2.05, 4.69) is 25.0 Å². The Labute approximate surface area is 130 Å². The number of halogens is 1. The highest BCUT2D eigenvalue weighted by molar-refractivity contribution is 14.1. The van der Waals surface area contributed by atoms with Crippen molar-refractivity contribution in [1.82, 2.24) is 19.5 Å². The van der Waals surface area contributed by atoms with Gasteiger partial charge in [-0.05, 0) is 5.53 Å². The normalized spacial score (nSPS) is 28.7. The van der Waals surface area contributed by atoms with Gasteiger partial charge >= 0.3 is 0 Å². The minimum atomic E-state index is -1.32. The van der Waals surface area contributed by atoms with Gasteiger partial charge in [0, 0.05) is 15.8 Å². The molecule has 2 aromatic heterocycles. The minimum absolute atomic E-state index is 0.186. The van der Waals surface area contributed by atoms with Crippen LogP contribution < -0.4 is 5.56 Å². The van der Waals surface area contributed by atoms with E-state index >= 15 is 0 Å². The maximum Gasteiger partial charge on any atom is 0.278 e. The maximum absolute atomic E-state index is 11.6. The number of H-pyrrole nitrogens is 1. The predicted octanol–water partition coefficient (Wildman–Crippen LogP) is 0.841. The van der Waals surface area contributed by atoms with Crippen molar-refractivity contribution in [2.24, 2.45) is 5.11 Å². The molecule has 0 radical (unpaired) electrons. The highest BCUT2D eigenvalue weighted by Gasteiger charge is 2.48. The highest BCUT2D eigenvalue weighted by atomic mass is 127. The number of imidazole rings is 1. The third-order valence-corrected chi connectivity index (χ3v) is 4.46. The molecule has 1 aliphatic heterocycles. The van der Waals surface area contributed by atoms with Gasteiger partial charge in [-0.15, -0.1) is 0 Å². The summed E-state index contributed by atoms with van der Waals surface area (Å²) in [5.74, 6) is 0. The fraction of sp³-hybridized carbons (Fsp3) is 0.500. The van der Waals surface area contributed by atoms with Crippen molar-refractivity contribution in [3.8, 4) is 0 Å². The Hall–Kier alpha value is -1.69. The van der Waals surface area contributed by atoms with Crippen LogP contribution in [0.5, 0.6) is 0 Å². The van der Waals surface area contributed by atoms with E-state index in [0.717, 1.165) is 0 Å². The number of aliphatic hydroxyl groups is 1. The van der Waals surface area contributed by atoms with Crippen LogP contribution in [0.3, 0.4) is 0 Å². The smallest absolute Gasteiger partial charge is 0.278 e. The van der Waals surface area contributed by atoms with Gasteiger partial charge in [0.1, 0.15) is 6.23 Å². The largest absolute Gasteiger partial charge is 0.390 e. The molecule has 1 saturated heterocycles. The Morgan fingerprint density at radius 1 is 1.71 bits per heavy atom. The average Bonchev–Trinajstić information content (AvgIpc) is 3.03. The molecule has 0 saturated carbocycles. The number of aromatic nitrogens is 4. The maximum atomic E-state index is 11.6.